The summed E-state index contributed by atoms with van der Waals surface area (Å²) in [6, 6.07) is 7.37. The lowest BCUT2D eigenvalue weighted by Gasteiger charge is -2.01. The van der Waals surface area contributed by atoms with E-state index in [1.165, 1.54) is 0 Å². The van der Waals surface area contributed by atoms with E-state index in [-0.39, 0.29) is 0 Å². The van der Waals surface area contributed by atoms with Gasteiger partial charge in [-0.2, -0.15) is 0 Å². The molecule has 2 nitrogen and oxygen atoms in total. The number of nitrogen functional groups attached to an aromatic ring is 1. The summed E-state index contributed by atoms with van der Waals surface area (Å²) >= 11 is 9.34. The molecule has 2 N–H and O–H groups in total. The molecule has 1 heterocycles. The van der Waals surface area contributed by atoms with Crippen LogP contribution in [0.5, 0.6) is 0 Å². The topological polar surface area (TPSA) is 38.9 Å². The van der Waals surface area contributed by atoms with E-state index < -0.39 is 0 Å². The minimum absolute atomic E-state index is 0.440. The van der Waals surface area contributed by atoms with Crippen molar-refractivity contribution in [2.45, 2.75) is 13.8 Å². The average Bonchev–Trinajstić information content (AvgIpc) is 2.19. The van der Waals surface area contributed by atoms with Crippen molar-refractivity contribution in [1.29, 1.82) is 0 Å². The lowest BCUT2D eigenvalue weighted by atomic mass is 10.2. The van der Waals surface area contributed by atoms with E-state index in [1.807, 2.05) is 32.0 Å². The van der Waals surface area contributed by atoms with Crippen LogP contribution in [0.4, 0.5) is 5.82 Å². The predicted molar refractivity (Wildman–Crippen MR) is 70.2 cm³/mol. The van der Waals surface area contributed by atoms with Gasteiger partial charge in [0.25, 0.3) is 0 Å². The SMILES string of the molecule is CC.Nc1cc(Cl)c2ccc(Br)cc2n1. The summed E-state index contributed by atoms with van der Waals surface area (Å²) in [5.41, 5.74) is 6.37. The summed E-state index contributed by atoms with van der Waals surface area (Å²) in [6.07, 6.45) is 0. The van der Waals surface area contributed by atoms with Crippen LogP contribution < -0.4 is 5.73 Å². The van der Waals surface area contributed by atoms with E-state index in [0.717, 1.165) is 15.4 Å². The molecule has 0 aliphatic heterocycles. The highest BCUT2D eigenvalue weighted by Crippen LogP contribution is 2.26. The molecule has 0 saturated heterocycles. The number of halogens is 2. The fourth-order valence-corrected chi connectivity index (χ4v) is 1.80. The van der Waals surface area contributed by atoms with Crippen LogP contribution in [0.25, 0.3) is 10.9 Å². The van der Waals surface area contributed by atoms with Gasteiger partial charge in [0, 0.05) is 9.86 Å². The first-order chi connectivity index (χ1) is 7.16. The maximum atomic E-state index is 5.98. The number of pyridine rings is 1. The van der Waals surface area contributed by atoms with Crippen molar-refractivity contribution < 1.29 is 0 Å². The molecular weight excluding hydrogens is 275 g/mol. The lowest BCUT2D eigenvalue weighted by molar-refractivity contribution is 1.41. The Kier molecular flexibility index (Phi) is 4.36. The number of rotatable bonds is 0. The molecule has 0 aliphatic carbocycles. The van der Waals surface area contributed by atoms with Gasteiger partial charge < -0.3 is 5.73 Å². The van der Waals surface area contributed by atoms with Crippen LogP contribution in [0, 0.1) is 0 Å². The zero-order chi connectivity index (χ0) is 11.4. The number of aromatic nitrogens is 1. The largest absolute Gasteiger partial charge is 0.384 e. The molecule has 0 saturated carbocycles. The van der Waals surface area contributed by atoms with Crippen molar-refractivity contribution in [3.63, 3.8) is 0 Å². The average molecular weight is 288 g/mol. The van der Waals surface area contributed by atoms with Gasteiger partial charge in [0.1, 0.15) is 5.82 Å². The number of nitrogens with two attached hydrogens (primary N) is 1. The Balaban J connectivity index is 0.000000531. The number of nitrogens with zero attached hydrogens (tertiary/aromatic N) is 1. The number of benzene rings is 1. The standard InChI is InChI=1S/C9H6BrClN2.C2H6/c10-5-1-2-6-7(11)4-9(12)13-8(6)3-5;1-2/h1-4H,(H2,12,13);1-2H3. The first-order valence-corrected chi connectivity index (χ1v) is 5.85. The normalized spacial score (nSPS) is 9.60. The molecule has 80 valence electrons. The minimum atomic E-state index is 0.440. The second-order valence-electron chi connectivity index (χ2n) is 2.69. The first kappa shape index (κ1) is 12.3. The summed E-state index contributed by atoms with van der Waals surface area (Å²) in [4.78, 5) is 4.16. The van der Waals surface area contributed by atoms with Gasteiger partial charge in [0.15, 0.2) is 0 Å². The molecular formula is C11H12BrClN2. The fourth-order valence-electron chi connectivity index (χ4n) is 1.18. The van der Waals surface area contributed by atoms with Gasteiger partial charge in [0.05, 0.1) is 10.5 Å². The minimum Gasteiger partial charge on any atom is -0.384 e. The smallest absolute Gasteiger partial charge is 0.125 e. The van der Waals surface area contributed by atoms with Crippen molar-refractivity contribution in [2.75, 3.05) is 5.73 Å². The molecule has 1 aromatic heterocycles. The molecule has 2 aromatic rings. The molecule has 0 fully saturated rings. The van der Waals surface area contributed by atoms with Crippen molar-refractivity contribution >= 4 is 44.3 Å². The molecule has 2 rings (SSSR count). The number of anilines is 1. The Morgan fingerprint density at radius 2 is 1.93 bits per heavy atom. The second-order valence-corrected chi connectivity index (χ2v) is 4.01. The number of hydrogen-bond acceptors (Lipinski definition) is 2. The maximum Gasteiger partial charge on any atom is 0.125 e. The Hall–Kier alpha value is -0.800. The Bertz CT molecular complexity index is 466. The molecule has 0 amide bonds. The first-order valence-electron chi connectivity index (χ1n) is 4.68. The Labute approximate surface area is 103 Å². The second kappa shape index (κ2) is 5.33. The summed E-state index contributed by atoms with van der Waals surface area (Å²) in [7, 11) is 0. The van der Waals surface area contributed by atoms with Crippen LogP contribution in [0.3, 0.4) is 0 Å². The number of fused-ring (bicyclic) bond motifs is 1. The summed E-state index contributed by atoms with van der Waals surface area (Å²) in [5.74, 6) is 0.440. The molecule has 15 heavy (non-hydrogen) atoms. The van der Waals surface area contributed by atoms with Crippen LogP contribution in [-0.4, -0.2) is 4.98 Å². The summed E-state index contributed by atoms with van der Waals surface area (Å²) < 4.78 is 0.967. The van der Waals surface area contributed by atoms with Crippen LogP contribution >= 0.6 is 27.5 Å². The van der Waals surface area contributed by atoms with Crippen LogP contribution in [0.15, 0.2) is 28.7 Å². The molecule has 4 heteroatoms. The third kappa shape index (κ3) is 2.83. The highest BCUT2D eigenvalue weighted by atomic mass is 79.9. The summed E-state index contributed by atoms with van der Waals surface area (Å²) in [5, 5.41) is 1.55. The molecule has 0 spiro atoms. The zero-order valence-electron chi connectivity index (χ0n) is 8.59. The summed E-state index contributed by atoms with van der Waals surface area (Å²) in [6.45, 7) is 4.00. The van der Waals surface area contributed by atoms with Crippen molar-refractivity contribution in [3.8, 4) is 0 Å². The maximum absolute atomic E-state index is 5.98. The van der Waals surface area contributed by atoms with Gasteiger partial charge in [0.2, 0.25) is 0 Å². The van der Waals surface area contributed by atoms with E-state index in [2.05, 4.69) is 20.9 Å². The van der Waals surface area contributed by atoms with E-state index >= 15 is 0 Å². The third-order valence-electron chi connectivity index (χ3n) is 1.74. The highest BCUT2D eigenvalue weighted by molar-refractivity contribution is 9.10. The molecule has 0 atom stereocenters. The van der Waals surface area contributed by atoms with Crippen LogP contribution in [0.1, 0.15) is 13.8 Å². The molecule has 0 bridgehead atoms. The molecule has 0 radical (unpaired) electrons. The van der Waals surface area contributed by atoms with E-state index in [0.29, 0.717) is 10.8 Å². The van der Waals surface area contributed by atoms with Gasteiger partial charge >= 0.3 is 0 Å². The van der Waals surface area contributed by atoms with Crippen molar-refractivity contribution in [2.24, 2.45) is 0 Å². The predicted octanol–water partition coefficient (Wildman–Crippen LogP) is 4.26. The zero-order valence-corrected chi connectivity index (χ0v) is 10.9. The van der Waals surface area contributed by atoms with Gasteiger partial charge in [-0.05, 0) is 18.2 Å². The molecule has 0 unspecified atom stereocenters. The van der Waals surface area contributed by atoms with Gasteiger partial charge in [-0.25, -0.2) is 4.98 Å². The van der Waals surface area contributed by atoms with Gasteiger partial charge in [-0.15, -0.1) is 0 Å². The number of hydrogen-bond donors (Lipinski definition) is 1. The third-order valence-corrected chi connectivity index (χ3v) is 2.55. The van der Waals surface area contributed by atoms with E-state index in [1.54, 1.807) is 6.07 Å². The van der Waals surface area contributed by atoms with Crippen LogP contribution in [0.2, 0.25) is 5.02 Å². The van der Waals surface area contributed by atoms with Crippen molar-refractivity contribution in [1.82, 2.24) is 4.98 Å². The molecule has 0 aliphatic rings. The lowest BCUT2D eigenvalue weighted by Crippen LogP contribution is -1.90. The molecule has 1 aromatic carbocycles. The van der Waals surface area contributed by atoms with E-state index in [9.17, 15) is 0 Å². The monoisotopic (exact) mass is 286 g/mol. The van der Waals surface area contributed by atoms with Gasteiger partial charge in [-0.3, -0.25) is 0 Å². The fraction of sp³-hybridized carbons (Fsp3) is 0.182. The Morgan fingerprint density at radius 1 is 1.27 bits per heavy atom. The van der Waals surface area contributed by atoms with Gasteiger partial charge in [-0.1, -0.05) is 47.4 Å². The quantitative estimate of drug-likeness (QED) is 0.786. The van der Waals surface area contributed by atoms with Crippen molar-refractivity contribution in [3.05, 3.63) is 33.8 Å². The highest BCUT2D eigenvalue weighted by Gasteiger charge is 2.01. The van der Waals surface area contributed by atoms with Crippen LogP contribution in [-0.2, 0) is 0 Å². The Morgan fingerprint density at radius 3 is 2.60 bits per heavy atom. The van der Waals surface area contributed by atoms with E-state index in [4.69, 9.17) is 17.3 Å².